The number of rotatable bonds is 9. The SMILES string of the molecule is CCc1ccc(CO[C@H]2[C@@H](Oc3ccccc3)O[C@H](COC(C)=O)[C@@H](O)[C@@H]2O)cc1OC(C)=O. The van der Waals surface area contributed by atoms with Crippen molar-refractivity contribution in [2.75, 3.05) is 6.61 Å². The number of para-hydroxylation sites is 1. The Bertz CT molecular complexity index is 962. The van der Waals surface area contributed by atoms with Gasteiger partial charge in [0, 0.05) is 13.8 Å². The normalized spacial score (nSPS) is 24.3. The summed E-state index contributed by atoms with van der Waals surface area (Å²) in [6.45, 7) is 4.30. The monoisotopic (exact) mass is 474 g/mol. The molecule has 5 atom stereocenters. The fourth-order valence-electron chi connectivity index (χ4n) is 3.57. The van der Waals surface area contributed by atoms with Gasteiger partial charge in [-0.3, -0.25) is 9.59 Å². The first-order valence-electron chi connectivity index (χ1n) is 11.1. The van der Waals surface area contributed by atoms with E-state index in [1.54, 1.807) is 30.3 Å². The van der Waals surface area contributed by atoms with E-state index in [-0.39, 0.29) is 13.2 Å². The van der Waals surface area contributed by atoms with Crippen LogP contribution in [0.2, 0.25) is 0 Å². The average molecular weight is 475 g/mol. The lowest BCUT2D eigenvalue weighted by Crippen LogP contribution is -2.61. The number of hydrogen-bond acceptors (Lipinski definition) is 9. The third kappa shape index (κ3) is 6.77. The molecular weight excluding hydrogens is 444 g/mol. The van der Waals surface area contributed by atoms with Gasteiger partial charge in [-0.2, -0.15) is 0 Å². The Morgan fingerprint density at radius 1 is 1.00 bits per heavy atom. The molecule has 34 heavy (non-hydrogen) atoms. The summed E-state index contributed by atoms with van der Waals surface area (Å²) in [5, 5.41) is 21.4. The van der Waals surface area contributed by atoms with E-state index < -0.39 is 42.6 Å². The molecule has 2 aromatic rings. The highest BCUT2D eigenvalue weighted by Crippen LogP contribution is 2.28. The zero-order valence-electron chi connectivity index (χ0n) is 19.4. The lowest BCUT2D eigenvalue weighted by Gasteiger charge is -2.41. The first-order valence-corrected chi connectivity index (χ1v) is 11.1. The Labute approximate surface area is 198 Å². The molecule has 1 saturated heterocycles. The van der Waals surface area contributed by atoms with Crippen LogP contribution < -0.4 is 9.47 Å². The van der Waals surface area contributed by atoms with Crippen molar-refractivity contribution in [3.8, 4) is 11.5 Å². The fraction of sp³-hybridized carbons (Fsp3) is 0.440. The van der Waals surface area contributed by atoms with Crippen molar-refractivity contribution in [1.29, 1.82) is 0 Å². The van der Waals surface area contributed by atoms with Crippen LogP contribution in [0.4, 0.5) is 0 Å². The van der Waals surface area contributed by atoms with E-state index in [1.165, 1.54) is 13.8 Å². The quantitative estimate of drug-likeness (QED) is 0.416. The van der Waals surface area contributed by atoms with Crippen molar-refractivity contribution in [2.24, 2.45) is 0 Å². The summed E-state index contributed by atoms with van der Waals surface area (Å²) in [7, 11) is 0. The largest absolute Gasteiger partial charge is 0.463 e. The molecule has 0 amide bonds. The van der Waals surface area contributed by atoms with Gasteiger partial charge in [0.1, 0.15) is 42.5 Å². The van der Waals surface area contributed by atoms with Crippen molar-refractivity contribution >= 4 is 11.9 Å². The highest BCUT2D eigenvalue weighted by molar-refractivity contribution is 5.70. The molecule has 0 aliphatic carbocycles. The van der Waals surface area contributed by atoms with Gasteiger partial charge in [-0.05, 0) is 35.7 Å². The minimum Gasteiger partial charge on any atom is -0.463 e. The second kappa shape index (κ2) is 11.9. The van der Waals surface area contributed by atoms with Gasteiger partial charge in [0.2, 0.25) is 6.29 Å². The summed E-state index contributed by atoms with van der Waals surface area (Å²) in [5.41, 5.74) is 1.56. The number of aliphatic hydroxyl groups excluding tert-OH is 2. The number of ether oxygens (including phenoxy) is 5. The maximum atomic E-state index is 11.4. The van der Waals surface area contributed by atoms with Gasteiger partial charge in [0.05, 0.1) is 6.61 Å². The van der Waals surface area contributed by atoms with E-state index in [0.29, 0.717) is 23.5 Å². The Hall–Kier alpha value is -2.98. The lowest BCUT2D eigenvalue weighted by atomic mass is 9.99. The molecule has 1 heterocycles. The molecule has 2 aromatic carbocycles. The molecule has 0 saturated carbocycles. The molecule has 3 rings (SSSR count). The first-order chi connectivity index (χ1) is 16.3. The maximum Gasteiger partial charge on any atom is 0.308 e. The van der Waals surface area contributed by atoms with Crippen LogP contribution in [0.15, 0.2) is 48.5 Å². The maximum absolute atomic E-state index is 11.4. The van der Waals surface area contributed by atoms with Gasteiger partial charge in [-0.15, -0.1) is 0 Å². The molecule has 0 bridgehead atoms. The molecule has 9 heteroatoms. The van der Waals surface area contributed by atoms with Crippen molar-refractivity contribution in [1.82, 2.24) is 0 Å². The molecule has 0 radical (unpaired) electrons. The summed E-state index contributed by atoms with van der Waals surface area (Å²) in [5.74, 6) is -0.0547. The van der Waals surface area contributed by atoms with E-state index in [1.807, 2.05) is 25.1 Å². The van der Waals surface area contributed by atoms with E-state index in [2.05, 4.69) is 0 Å². The highest BCUT2D eigenvalue weighted by Gasteiger charge is 2.47. The molecule has 1 aliphatic rings. The van der Waals surface area contributed by atoms with Gasteiger partial charge < -0.3 is 33.9 Å². The third-order valence-electron chi connectivity index (χ3n) is 5.30. The van der Waals surface area contributed by atoms with Crippen LogP contribution in [0, 0.1) is 0 Å². The van der Waals surface area contributed by atoms with Gasteiger partial charge in [0.15, 0.2) is 0 Å². The second-order valence-electron chi connectivity index (χ2n) is 7.92. The smallest absolute Gasteiger partial charge is 0.308 e. The van der Waals surface area contributed by atoms with Gasteiger partial charge >= 0.3 is 11.9 Å². The fourth-order valence-corrected chi connectivity index (χ4v) is 3.57. The Kier molecular flexibility index (Phi) is 9.00. The molecule has 9 nitrogen and oxygen atoms in total. The van der Waals surface area contributed by atoms with Crippen molar-refractivity contribution < 1.29 is 43.5 Å². The van der Waals surface area contributed by atoms with Crippen LogP contribution >= 0.6 is 0 Å². The summed E-state index contributed by atoms with van der Waals surface area (Å²) in [6.07, 6.45) is -5.24. The predicted molar refractivity (Wildman–Crippen MR) is 120 cm³/mol. The Balaban J connectivity index is 1.78. The van der Waals surface area contributed by atoms with Crippen LogP contribution in [0.1, 0.15) is 31.9 Å². The second-order valence-corrected chi connectivity index (χ2v) is 7.92. The van der Waals surface area contributed by atoms with Crippen LogP contribution in [0.3, 0.4) is 0 Å². The zero-order valence-corrected chi connectivity index (χ0v) is 19.4. The predicted octanol–water partition coefficient (Wildman–Crippen LogP) is 2.15. The summed E-state index contributed by atoms with van der Waals surface area (Å²) in [6, 6.07) is 14.2. The minimum atomic E-state index is -1.38. The van der Waals surface area contributed by atoms with Crippen molar-refractivity contribution in [2.45, 2.75) is 64.5 Å². The Morgan fingerprint density at radius 2 is 1.74 bits per heavy atom. The number of hydrogen-bond donors (Lipinski definition) is 2. The highest BCUT2D eigenvalue weighted by atomic mass is 16.7. The standard InChI is InChI=1S/C25H30O9/c1-4-18-11-10-17(12-20(18)32-16(3)27)13-31-24-23(29)22(28)21(14-30-15(2)26)34-25(24)33-19-8-6-5-7-9-19/h5-12,21-25,28-29H,4,13-14H2,1-3H3/t21-,22-,23+,24-,25+/m1/s1. The molecule has 184 valence electrons. The number of esters is 2. The van der Waals surface area contributed by atoms with Crippen molar-refractivity contribution in [3.63, 3.8) is 0 Å². The molecule has 2 N–H and O–H groups in total. The summed E-state index contributed by atoms with van der Waals surface area (Å²) < 4.78 is 27.9. The molecule has 0 aromatic heterocycles. The number of aryl methyl sites for hydroxylation is 1. The molecule has 1 aliphatic heterocycles. The van der Waals surface area contributed by atoms with Crippen LogP contribution in [0.5, 0.6) is 11.5 Å². The first kappa shape index (κ1) is 25.6. The lowest BCUT2D eigenvalue weighted by molar-refractivity contribution is -0.290. The van der Waals surface area contributed by atoms with Gasteiger partial charge in [-0.1, -0.05) is 37.3 Å². The zero-order chi connectivity index (χ0) is 24.7. The molecular formula is C25H30O9. The number of carbonyl (C=O) groups is 2. The average Bonchev–Trinajstić information content (AvgIpc) is 2.80. The minimum absolute atomic E-state index is 0.0271. The number of carbonyl (C=O) groups excluding carboxylic acids is 2. The molecule has 0 unspecified atom stereocenters. The number of aliphatic hydroxyl groups is 2. The van der Waals surface area contributed by atoms with Gasteiger partial charge in [0.25, 0.3) is 0 Å². The summed E-state index contributed by atoms with van der Waals surface area (Å²) >= 11 is 0. The Morgan fingerprint density at radius 3 is 2.38 bits per heavy atom. The van der Waals surface area contributed by atoms with E-state index in [9.17, 15) is 19.8 Å². The number of benzene rings is 2. The van der Waals surface area contributed by atoms with Gasteiger partial charge in [-0.25, -0.2) is 0 Å². The van der Waals surface area contributed by atoms with E-state index in [4.69, 9.17) is 23.7 Å². The van der Waals surface area contributed by atoms with E-state index >= 15 is 0 Å². The topological polar surface area (TPSA) is 121 Å². The third-order valence-corrected chi connectivity index (χ3v) is 5.30. The van der Waals surface area contributed by atoms with Crippen LogP contribution in [0.25, 0.3) is 0 Å². The molecule has 0 spiro atoms. The van der Waals surface area contributed by atoms with Crippen LogP contribution in [-0.2, 0) is 36.8 Å². The van der Waals surface area contributed by atoms with E-state index in [0.717, 1.165) is 5.56 Å². The van der Waals surface area contributed by atoms with Crippen LogP contribution in [-0.4, -0.2) is 59.5 Å². The van der Waals surface area contributed by atoms with Crippen molar-refractivity contribution in [3.05, 3.63) is 59.7 Å². The summed E-state index contributed by atoms with van der Waals surface area (Å²) in [4.78, 5) is 22.6. The molecule has 1 fully saturated rings.